The fraction of sp³-hybridized carbons (Fsp3) is 0.160. The molecule has 4 rings (SSSR count). The van der Waals surface area contributed by atoms with Crippen LogP contribution in [0.25, 0.3) is 11.0 Å². The van der Waals surface area contributed by atoms with Gasteiger partial charge in [-0.15, -0.1) is 0 Å². The van der Waals surface area contributed by atoms with E-state index in [1.54, 1.807) is 13.3 Å². The number of amides is 1. The summed E-state index contributed by atoms with van der Waals surface area (Å²) in [5.74, 6) is 1.24. The van der Waals surface area contributed by atoms with E-state index in [1.807, 2.05) is 84.4 Å². The maximum atomic E-state index is 12.2. The molecule has 3 aromatic carbocycles. The molecule has 0 spiro atoms. The third-order valence-corrected chi connectivity index (χ3v) is 5.94. The van der Waals surface area contributed by atoms with E-state index in [0.29, 0.717) is 18.1 Å². The van der Waals surface area contributed by atoms with Gasteiger partial charge in [0.05, 0.1) is 30.1 Å². The van der Waals surface area contributed by atoms with Gasteiger partial charge >= 0.3 is 0 Å². The molecule has 0 saturated heterocycles. The number of carbonyl (C=O) groups excluding carboxylic acids is 1. The lowest BCUT2D eigenvalue weighted by Crippen LogP contribution is -2.19. The number of benzene rings is 3. The number of ether oxygens (including phenoxy) is 2. The number of hydrogen-bond donors (Lipinski definition) is 1. The Hall–Kier alpha value is -3.78. The minimum absolute atomic E-state index is 0.211. The second kappa shape index (κ2) is 10.7. The maximum absolute atomic E-state index is 12.2. The number of thioether (sulfide) groups is 1. The third kappa shape index (κ3) is 5.72. The van der Waals surface area contributed by atoms with Crippen LogP contribution < -0.4 is 14.9 Å². The molecule has 1 N–H and O–H groups in total. The lowest BCUT2D eigenvalue weighted by Gasteiger charge is -2.11. The summed E-state index contributed by atoms with van der Waals surface area (Å²) in [6.45, 7) is 0.425. The van der Waals surface area contributed by atoms with Gasteiger partial charge in [0.25, 0.3) is 5.91 Å². The van der Waals surface area contributed by atoms with Gasteiger partial charge in [0.15, 0.2) is 16.7 Å². The smallest absolute Gasteiger partial charge is 0.250 e. The fourth-order valence-electron chi connectivity index (χ4n) is 3.22. The van der Waals surface area contributed by atoms with Gasteiger partial charge in [0.2, 0.25) is 0 Å². The zero-order chi connectivity index (χ0) is 23.0. The average molecular weight is 461 g/mol. The molecule has 4 aromatic rings. The van der Waals surface area contributed by atoms with Crippen molar-refractivity contribution in [2.75, 3.05) is 12.9 Å². The minimum atomic E-state index is -0.211. The molecular weight excluding hydrogens is 436 g/mol. The van der Waals surface area contributed by atoms with Crippen molar-refractivity contribution in [2.24, 2.45) is 12.1 Å². The molecule has 0 aliphatic rings. The van der Waals surface area contributed by atoms with Crippen LogP contribution in [0, 0.1) is 0 Å². The summed E-state index contributed by atoms with van der Waals surface area (Å²) < 4.78 is 13.3. The van der Waals surface area contributed by atoms with Gasteiger partial charge in [0.1, 0.15) is 6.61 Å². The van der Waals surface area contributed by atoms with Crippen LogP contribution in [0.3, 0.4) is 0 Å². The number of carbonyl (C=O) groups is 1. The van der Waals surface area contributed by atoms with E-state index in [9.17, 15) is 4.79 Å². The zero-order valence-electron chi connectivity index (χ0n) is 18.4. The van der Waals surface area contributed by atoms with E-state index in [4.69, 9.17) is 9.47 Å². The highest BCUT2D eigenvalue weighted by molar-refractivity contribution is 7.99. The summed E-state index contributed by atoms with van der Waals surface area (Å²) in [7, 11) is 3.54. The zero-order valence-corrected chi connectivity index (χ0v) is 19.2. The summed E-state index contributed by atoms with van der Waals surface area (Å²) in [5, 5.41) is 4.86. The van der Waals surface area contributed by atoms with Gasteiger partial charge < -0.3 is 14.0 Å². The Morgan fingerprint density at radius 3 is 2.67 bits per heavy atom. The molecule has 0 unspecified atom stereocenters. The first-order chi connectivity index (χ1) is 16.1. The number of rotatable bonds is 9. The average Bonchev–Trinajstić information content (AvgIpc) is 3.17. The van der Waals surface area contributed by atoms with E-state index in [0.717, 1.165) is 27.3 Å². The Kier molecular flexibility index (Phi) is 7.26. The number of hydrogen-bond acceptors (Lipinski definition) is 6. The normalized spacial score (nSPS) is 11.1. The third-order valence-electron chi connectivity index (χ3n) is 4.91. The molecule has 1 heterocycles. The number of nitrogens with zero attached hydrogens (tertiary/aromatic N) is 3. The van der Waals surface area contributed by atoms with Gasteiger partial charge in [-0.1, -0.05) is 54.2 Å². The van der Waals surface area contributed by atoms with Crippen LogP contribution in [0.4, 0.5) is 0 Å². The lowest BCUT2D eigenvalue weighted by atomic mass is 10.2. The number of para-hydroxylation sites is 2. The highest BCUT2D eigenvalue weighted by atomic mass is 32.2. The summed E-state index contributed by atoms with van der Waals surface area (Å²) in [4.78, 5) is 16.8. The first-order valence-corrected chi connectivity index (χ1v) is 11.3. The van der Waals surface area contributed by atoms with Crippen molar-refractivity contribution >= 4 is 34.9 Å². The Morgan fingerprint density at radius 2 is 1.88 bits per heavy atom. The lowest BCUT2D eigenvalue weighted by molar-refractivity contribution is -0.118. The van der Waals surface area contributed by atoms with E-state index >= 15 is 0 Å². The predicted octanol–water partition coefficient (Wildman–Crippen LogP) is 4.40. The van der Waals surface area contributed by atoms with Crippen LogP contribution in [0.15, 0.2) is 83.1 Å². The molecule has 8 heteroatoms. The largest absolute Gasteiger partial charge is 0.493 e. The number of nitrogens with one attached hydrogen (secondary N) is 1. The first kappa shape index (κ1) is 22.4. The predicted molar refractivity (Wildman–Crippen MR) is 131 cm³/mol. The second-order valence-corrected chi connectivity index (χ2v) is 8.15. The Morgan fingerprint density at radius 1 is 1.09 bits per heavy atom. The van der Waals surface area contributed by atoms with E-state index in [2.05, 4.69) is 15.5 Å². The molecule has 0 aliphatic heterocycles. The van der Waals surface area contributed by atoms with Crippen LogP contribution in [-0.2, 0) is 18.4 Å². The number of imidazole rings is 1. The van der Waals surface area contributed by atoms with Gasteiger partial charge in [-0.3, -0.25) is 4.79 Å². The fourth-order valence-corrected chi connectivity index (χ4v) is 4.00. The van der Waals surface area contributed by atoms with Gasteiger partial charge in [-0.2, -0.15) is 5.10 Å². The first-order valence-electron chi connectivity index (χ1n) is 10.3. The molecule has 7 nitrogen and oxygen atoms in total. The molecule has 0 radical (unpaired) electrons. The Balaban J connectivity index is 1.33. The molecule has 1 amide bonds. The SMILES string of the molecule is COc1ccc(C=NNC(=O)CSc2nc3ccccc3n2C)cc1OCc1ccccc1. The highest BCUT2D eigenvalue weighted by Gasteiger charge is 2.10. The van der Waals surface area contributed by atoms with Crippen molar-refractivity contribution < 1.29 is 14.3 Å². The van der Waals surface area contributed by atoms with Crippen LogP contribution in [-0.4, -0.2) is 34.5 Å². The molecule has 0 atom stereocenters. The van der Waals surface area contributed by atoms with Gasteiger partial charge in [-0.25, -0.2) is 10.4 Å². The van der Waals surface area contributed by atoms with Crippen LogP contribution >= 0.6 is 11.8 Å². The maximum Gasteiger partial charge on any atom is 0.250 e. The molecule has 0 bridgehead atoms. The Labute approximate surface area is 196 Å². The molecule has 1 aromatic heterocycles. The minimum Gasteiger partial charge on any atom is -0.493 e. The molecule has 33 heavy (non-hydrogen) atoms. The second-order valence-electron chi connectivity index (χ2n) is 7.21. The van der Waals surface area contributed by atoms with Crippen molar-refractivity contribution in [3.05, 3.63) is 83.9 Å². The van der Waals surface area contributed by atoms with Crippen molar-refractivity contribution in [2.45, 2.75) is 11.8 Å². The van der Waals surface area contributed by atoms with Crippen molar-refractivity contribution in [3.8, 4) is 11.5 Å². The molecule has 168 valence electrons. The molecule has 0 aliphatic carbocycles. The monoisotopic (exact) mass is 460 g/mol. The number of fused-ring (bicyclic) bond motifs is 1. The van der Waals surface area contributed by atoms with Crippen LogP contribution in [0.5, 0.6) is 11.5 Å². The Bertz CT molecular complexity index is 1270. The number of aromatic nitrogens is 2. The number of aryl methyl sites for hydroxylation is 1. The molecule has 0 fully saturated rings. The number of methoxy groups -OCH3 is 1. The summed E-state index contributed by atoms with van der Waals surface area (Å²) >= 11 is 1.37. The number of hydrazone groups is 1. The quantitative estimate of drug-likeness (QED) is 0.228. The van der Waals surface area contributed by atoms with Crippen molar-refractivity contribution in [3.63, 3.8) is 0 Å². The molecule has 0 saturated carbocycles. The van der Waals surface area contributed by atoms with E-state index in [1.165, 1.54) is 11.8 Å². The summed E-state index contributed by atoms with van der Waals surface area (Å²) in [6.07, 6.45) is 1.58. The van der Waals surface area contributed by atoms with E-state index in [-0.39, 0.29) is 11.7 Å². The summed E-state index contributed by atoms with van der Waals surface area (Å²) in [6, 6.07) is 23.3. The van der Waals surface area contributed by atoms with Gasteiger partial charge in [-0.05, 0) is 41.5 Å². The molecular formula is C25H24N4O3S. The van der Waals surface area contributed by atoms with E-state index < -0.39 is 0 Å². The van der Waals surface area contributed by atoms with Crippen molar-refractivity contribution in [1.29, 1.82) is 0 Å². The summed E-state index contributed by atoms with van der Waals surface area (Å²) in [5.41, 5.74) is 6.34. The standard InChI is InChI=1S/C25H24N4O3S/c1-29-21-11-7-6-10-20(21)27-25(29)33-17-24(30)28-26-15-19-12-13-22(31-2)23(14-19)32-16-18-8-4-3-5-9-18/h3-15H,16-17H2,1-2H3,(H,28,30). The van der Waals surface area contributed by atoms with Crippen LogP contribution in [0.2, 0.25) is 0 Å². The highest BCUT2D eigenvalue weighted by Crippen LogP contribution is 2.28. The van der Waals surface area contributed by atoms with Gasteiger partial charge in [0, 0.05) is 7.05 Å². The topological polar surface area (TPSA) is 77.7 Å². The van der Waals surface area contributed by atoms with Crippen molar-refractivity contribution in [1.82, 2.24) is 15.0 Å². The van der Waals surface area contributed by atoms with Crippen LogP contribution in [0.1, 0.15) is 11.1 Å².